The summed E-state index contributed by atoms with van der Waals surface area (Å²) in [6.07, 6.45) is 6.92. The molecule has 86 valence electrons. The number of Topliss-reactive ketones (excluding diaryl/α,β-unsaturated/α-hetero) is 1. The number of carbonyl (C=O) groups is 1. The summed E-state index contributed by atoms with van der Waals surface area (Å²) < 4.78 is 0. The van der Waals surface area contributed by atoms with Crippen LogP contribution in [0.3, 0.4) is 0 Å². The third kappa shape index (κ3) is 2.62. The van der Waals surface area contributed by atoms with E-state index in [0.717, 1.165) is 31.2 Å². The van der Waals surface area contributed by atoms with Crippen molar-refractivity contribution in [1.82, 2.24) is 4.98 Å². The molecular weight excluding hydrogens is 222 g/mol. The van der Waals surface area contributed by atoms with Gasteiger partial charge in [-0.25, -0.2) is 0 Å². The van der Waals surface area contributed by atoms with Crippen LogP contribution >= 0.6 is 11.6 Å². The predicted molar refractivity (Wildman–Crippen MR) is 64.5 cm³/mol. The average Bonchev–Trinajstić information content (AvgIpc) is 2.27. The Labute approximate surface area is 101 Å². The van der Waals surface area contributed by atoms with Crippen molar-refractivity contribution in [2.45, 2.75) is 32.6 Å². The number of ketones is 1. The summed E-state index contributed by atoms with van der Waals surface area (Å²) in [7, 11) is 0. The highest BCUT2D eigenvalue weighted by atomic mass is 35.5. The fourth-order valence-electron chi connectivity index (χ4n) is 2.36. The molecule has 0 bridgehead atoms. The van der Waals surface area contributed by atoms with Crippen molar-refractivity contribution in [3.63, 3.8) is 0 Å². The van der Waals surface area contributed by atoms with Crippen LogP contribution in [0.5, 0.6) is 0 Å². The maximum absolute atomic E-state index is 11.8. The van der Waals surface area contributed by atoms with Crippen LogP contribution < -0.4 is 0 Å². The molecule has 0 amide bonds. The minimum atomic E-state index is 0.156. The van der Waals surface area contributed by atoms with Crippen molar-refractivity contribution >= 4 is 17.4 Å². The topological polar surface area (TPSA) is 30.0 Å². The number of aromatic nitrogens is 1. The first-order valence-corrected chi connectivity index (χ1v) is 6.15. The van der Waals surface area contributed by atoms with Gasteiger partial charge < -0.3 is 0 Å². The number of carbonyl (C=O) groups excluding carboxylic acids is 1. The van der Waals surface area contributed by atoms with Gasteiger partial charge in [0.25, 0.3) is 0 Å². The molecule has 0 aliphatic heterocycles. The molecule has 2 rings (SSSR count). The first-order valence-electron chi connectivity index (χ1n) is 5.78. The monoisotopic (exact) mass is 237 g/mol. The number of hydrogen-bond donors (Lipinski definition) is 0. The van der Waals surface area contributed by atoms with Gasteiger partial charge in [-0.2, -0.15) is 0 Å². The van der Waals surface area contributed by atoms with Crippen molar-refractivity contribution in [2.24, 2.45) is 11.8 Å². The second kappa shape index (κ2) is 4.96. The van der Waals surface area contributed by atoms with Gasteiger partial charge >= 0.3 is 0 Å². The Bertz CT molecular complexity index is 391. The summed E-state index contributed by atoms with van der Waals surface area (Å²) in [5.41, 5.74) is 1.05. The van der Waals surface area contributed by atoms with Crippen LogP contribution in [0.4, 0.5) is 0 Å². The van der Waals surface area contributed by atoms with E-state index in [9.17, 15) is 4.79 Å². The van der Waals surface area contributed by atoms with Crippen LogP contribution in [-0.2, 0) is 11.2 Å². The molecule has 0 N–H and O–H groups in total. The Morgan fingerprint density at radius 1 is 1.56 bits per heavy atom. The van der Waals surface area contributed by atoms with E-state index < -0.39 is 0 Å². The molecule has 1 aliphatic rings. The summed E-state index contributed by atoms with van der Waals surface area (Å²) in [5, 5.41) is 0.675. The Hall–Kier alpha value is -0.890. The van der Waals surface area contributed by atoms with Crippen molar-refractivity contribution < 1.29 is 4.79 Å². The largest absolute Gasteiger partial charge is 0.299 e. The lowest BCUT2D eigenvalue weighted by atomic mass is 9.78. The Balaban J connectivity index is 2.09. The maximum Gasteiger partial charge on any atom is 0.136 e. The van der Waals surface area contributed by atoms with Gasteiger partial charge in [0.15, 0.2) is 0 Å². The molecule has 0 aromatic carbocycles. The average molecular weight is 238 g/mol. The minimum Gasteiger partial charge on any atom is -0.299 e. The highest BCUT2D eigenvalue weighted by molar-refractivity contribution is 6.31. The van der Waals surface area contributed by atoms with E-state index in [1.165, 1.54) is 0 Å². The summed E-state index contributed by atoms with van der Waals surface area (Å²) >= 11 is 6.05. The van der Waals surface area contributed by atoms with Crippen molar-refractivity contribution in [2.75, 3.05) is 0 Å². The summed E-state index contributed by atoms with van der Waals surface area (Å²) in [4.78, 5) is 15.8. The lowest BCUT2D eigenvalue weighted by Gasteiger charge is -2.25. The number of rotatable bonds is 2. The summed E-state index contributed by atoms with van der Waals surface area (Å²) in [6, 6.07) is 1.91. The van der Waals surface area contributed by atoms with Gasteiger partial charge in [-0.3, -0.25) is 9.78 Å². The molecule has 0 spiro atoms. The molecule has 2 atom stereocenters. The van der Waals surface area contributed by atoms with Crippen LogP contribution in [0.25, 0.3) is 0 Å². The van der Waals surface area contributed by atoms with E-state index >= 15 is 0 Å². The van der Waals surface area contributed by atoms with Crippen molar-refractivity contribution in [3.05, 3.63) is 29.0 Å². The molecule has 1 aromatic heterocycles. The number of pyridine rings is 1. The van der Waals surface area contributed by atoms with Gasteiger partial charge in [0.05, 0.1) is 5.02 Å². The number of nitrogens with zero attached hydrogens (tertiary/aromatic N) is 1. The second-order valence-electron chi connectivity index (χ2n) is 4.71. The van der Waals surface area contributed by atoms with Gasteiger partial charge in [-0.05, 0) is 36.8 Å². The fraction of sp³-hybridized carbons (Fsp3) is 0.538. The standard InChI is InChI=1S/C13H16ClNO/c1-9-2-3-13(16)11(6-9)7-10-4-5-15-8-12(10)14/h4-5,8-9,11H,2-3,6-7H2,1H3. The molecule has 0 saturated heterocycles. The van der Waals surface area contributed by atoms with Crippen LogP contribution in [0.15, 0.2) is 18.5 Å². The zero-order valence-electron chi connectivity index (χ0n) is 9.45. The third-order valence-electron chi connectivity index (χ3n) is 3.35. The SMILES string of the molecule is CC1CCC(=O)C(Cc2ccncc2Cl)C1. The maximum atomic E-state index is 11.8. The predicted octanol–water partition coefficient (Wildman–Crippen LogP) is 3.28. The van der Waals surface area contributed by atoms with E-state index in [1.807, 2.05) is 6.07 Å². The molecule has 1 heterocycles. The lowest BCUT2D eigenvalue weighted by molar-refractivity contribution is -0.125. The molecule has 16 heavy (non-hydrogen) atoms. The molecule has 0 radical (unpaired) electrons. The van der Waals surface area contributed by atoms with Crippen LogP contribution in [0.2, 0.25) is 5.02 Å². The van der Waals surface area contributed by atoms with E-state index in [0.29, 0.717) is 16.7 Å². The molecular formula is C13H16ClNO. The van der Waals surface area contributed by atoms with Crippen LogP contribution in [0.1, 0.15) is 31.7 Å². The van der Waals surface area contributed by atoms with Gasteiger partial charge in [0.1, 0.15) is 5.78 Å². The summed E-state index contributed by atoms with van der Waals surface area (Å²) in [5.74, 6) is 1.21. The fourth-order valence-corrected chi connectivity index (χ4v) is 2.56. The second-order valence-corrected chi connectivity index (χ2v) is 5.12. The smallest absolute Gasteiger partial charge is 0.136 e. The van der Waals surface area contributed by atoms with Crippen LogP contribution in [0, 0.1) is 11.8 Å². The van der Waals surface area contributed by atoms with Crippen LogP contribution in [-0.4, -0.2) is 10.8 Å². The Kier molecular flexibility index (Phi) is 3.59. The lowest BCUT2D eigenvalue weighted by Crippen LogP contribution is -2.25. The first kappa shape index (κ1) is 11.6. The zero-order chi connectivity index (χ0) is 11.5. The minimum absolute atomic E-state index is 0.156. The number of hydrogen-bond acceptors (Lipinski definition) is 2. The van der Waals surface area contributed by atoms with Gasteiger partial charge in [0.2, 0.25) is 0 Å². The molecule has 1 fully saturated rings. The Morgan fingerprint density at radius 3 is 3.12 bits per heavy atom. The third-order valence-corrected chi connectivity index (χ3v) is 3.69. The molecule has 1 aromatic rings. The zero-order valence-corrected chi connectivity index (χ0v) is 10.2. The highest BCUT2D eigenvalue weighted by Gasteiger charge is 2.26. The van der Waals surface area contributed by atoms with Gasteiger partial charge in [0, 0.05) is 24.7 Å². The number of halogens is 1. The molecule has 1 saturated carbocycles. The van der Waals surface area contributed by atoms with Gasteiger partial charge in [-0.15, -0.1) is 0 Å². The molecule has 2 unspecified atom stereocenters. The van der Waals surface area contributed by atoms with E-state index in [4.69, 9.17) is 11.6 Å². The van der Waals surface area contributed by atoms with E-state index in [2.05, 4.69) is 11.9 Å². The van der Waals surface area contributed by atoms with Crippen molar-refractivity contribution in [1.29, 1.82) is 0 Å². The highest BCUT2D eigenvalue weighted by Crippen LogP contribution is 2.29. The van der Waals surface area contributed by atoms with E-state index in [1.54, 1.807) is 12.4 Å². The quantitative estimate of drug-likeness (QED) is 0.790. The normalized spacial score (nSPS) is 25.8. The Morgan fingerprint density at radius 2 is 2.38 bits per heavy atom. The molecule has 2 nitrogen and oxygen atoms in total. The first-order chi connectivity index (χ1) is 7.66. The van der Waals surface area contributed by atoms with Crippen molar-refractivity contribution in [3.8, 4) is 0 Å². The molecule has 3 heteroatoms. The van der Waals surface area contributed by atoms with Gasteiger partial charge in [-0.1, -0.05) is 18.5 Å². The van der Waals surface area contributed by atoms with E-state index in [-0.39, 0.29) is 5.92 Å². The summed E-state index contributed by atoms with van der Waals surface area (Å²) in [6.45, 7) is 2.22. The molecule has 1 aliphatic carbocycles.